The lowest BCUT2D eigenvalue weighted by Crippen LogP contribution is -1.95. The highest BCUT2D eigenvalue weighted by Gasteiger charge is 2.42. The van der Waals surface area contributed by atoms with Crippen LogP contribution in [0.1, 0.15) is 173 Å². The number of fused-ring (bicyclic) bond motifs is 10. The molecule has 0 amide bonds. The molecule has 0 saturated heterocycles. The third kappa shape index (κ3) is 10.6. The van der Waals surface area contributed by atoms with Gasteiger partial charge in [-0.25, -0.2) is 9.97 Å². The Kier molecular flexibility index (Phi) is 16.4. The molecule has 6 heterocycles. The number of unbranched alkanes of at least 4 members (excludes halogenated alkanes) is 18. The first-order valence-corrected chi connectivity index (χ1v) is 31.3. The maximum Gasteiger partial charge on any atom is 0.226 e. The van der Waals surface area contributed by atoms with Crippen LogP contribution in [0.4, 0.5) is 0 Å². The second kappa shape index (κ2) is 23.1. The molecule has 8 aromatic rings. The first-order chi connectivity index (χ1) is 34.3. The SMILES string of the molecule is CCCCCCCCCCCCc1cc2c(cc(CCCCCCCCCCCC)c3c4cc(-c5ncc(C6=C7SC(=O)C(c8cnc(C)s8)=C7SC6=O)s5)sc4ccc23)c2ccc3sc(C)cc3c12. The Labute approximate surface area is 439 Å². The van der Waals surface area contributed by atoms with Gasteiger partial charge in [-0.1, -0.05) is 142 Å². The Hall–Kier alpha value is -3.64. The standard InChI is InChI=1S/C60H66N2O2S6/c1-5-7-9-11-13-15-17-19-21-23-25-39-32-44-42-28-30-48-46(34-49(67-48)58-62-36-51(68-58)55-57-56(69-60(55)64)54(59(63)70-57)50-35-61-38(4)66-50)53(42)40(26-24-22-20-18-16-14-12-10-8-6-2)33-43(44)41-27-29-47-45(52(39)41)31-37(3)65-47/h27-36H,5-26H2,1-4H3. The number of rotatable bonds is 25. The van der Waals surface area contributed by atoms with Gasteiger partial charge in [0.25, 0.3) is 0 Å². The Balaban J connectivity index is 1.00. The molecule has 70 heavy (non-hydrogen) atoms. The number of thiazole rings is 2. The lowest BCUT2D eigenvalue weighted by molar-refractivity contribution is -0.106. The van der Waals surface area contributed by atoms with Gasteiger partial charge in [0.15, 0.2) is 0 Å². The molecule has 4 nitrogen and oxygen atoms in total. The second-order valence-electron chi connectivity index (χ2n) is 19.8. The Morgan fingerprint density at radius 3 is 1.39 bits per heavy atom. The highest BCUT2D eigenvalue weighted by atomic mass is 32.2. The number of benzene rings is 4. The number of hydrogen-bond donors (Lipinski definition) is 0. The van der Waals surface area contributed by atoms with Gasteiger partial charge < -0.3 is 0 Å². The van der Waals surface area contributed by atoms with Crippen LogP contribution in [0.3, 0.4) is 0 Å². The van der Waals surface area contributed by atoms with Gasteiger partial charge in [-0.05, 0) is 143 Å². The first kappa shape index (κ1) is 49.9. The van der Waals surface area contributed by atoms with Crippen molar-refractivity contribution < 1.29 is 9.59 Å². The zero-order valence-corrected chi connectivity index (χ0v) is 46.4. The lowest BCUT2D eigenvalue weighted by atomic mass is 9.87. The van der Waals surface area contributed by atoms with E-state index in [9.17, 15) is 9.59 Å². The van der Waals surface area contributed by atoms with Gasteiger partial charge in [-0.3, -0.25) is 9.59 Å². The van der Waals surface area contributed by atoms with Crippen molar-refractivity contribution in [3.63, 3.8) is 0 Å². The molecule has 0 bridgehead atoms. The molecule has 0 saturated carbocycles. The molecular weight excluding hydrogens is 973 g/mol. The van der Waals surface area contributed by atoms with E-state index in [-0.39, 0.29) is 10.2 Å². The van der Waals surface area contributed by atoms with Gasteiger partial charge in [0.05, 0.1) is 30.8 Å². The summed E-state index contributed by atoms with van der Waals surface area (Å²) in [6, 6.07) is 19.6. The molecule has 0 aliphatic carbocycles. The summed E-state index contributed by atoms with van der Waals surface area (Å²) in [7, 11) is 0. The number of thiophene rings is 2. The summed E-state index contributed by atoms with van der Waals surface area (Å²) < 4.78 is 2.67. The van der Waals surface area contributed by atoms with Crippen molar-refractivity contribution in [2.24, 2.45) is 0 Å². The number of aromatic nitrogens is 2. The van der Waals surface area contributed by atoms with Crippen LogP contribution in [0.2, 0.25) is 0 Å². The molecule has 2 aliphatic rings. The molecule has 0 radical (unpaired) electrons. The summed E-state index contributed by atoms with van der Waals surface area (Å²) in [4.78, 5) is 42.2. The fraction of sp³-hybridized carbons (Fsp3) is 0.433. The summed E-state index contributed by atoms with van der Waals surface area (Å²) in [5.74, 6) is 0. The van der Waals surface area contributed by atoms with E-state index in [1.807, 2.05) is 24.5 Å². The summed E-state index contributed by atoms with van der Waals surface area (Å²) in [6.45, 7) is 8.81. The molecule has 0 unspecified atom stereocenters. The number of thioether (sulfide) groups is 2. The predicted octanol–water partition coefficient (Wildman–Crippen LogP) is 20.4. The lowest BCUT2D eigenvalue weighted by Gasteiger charge is -2.17. The van der Waals surface area contributed by atoms with Crippen molar-refractivity contribution >= 4 is 143 Å². The van der Waals surface area contributed by atoms with Gasteiger partial charge >= 0.3 is 0 Å². The van der Waals surface area contributed by atoms with E-state index in [0.29, 0.717) is 11.1 Å². The van der Waals surface area contributed by atoms with Crippen LogP contribution < -0.4 is 0 Å². The Morgan fingerprint density at radius 2 is 0.886 bits per heavy atom. The molecule has 10 rings (SSSR count). The number of aryl methyl sites for hydroxylation is 4. The summed E-state index contributed by atoms with van der Waals surface area (Å²) in [5, 5.41) is 12.9. The summed E-state index contributed by atoms with van der Waals surface area (Å²) in [5.41, 5.74) is 4.19. The number of carbonyl (C=O) groups excluding carboxylic acids is 2. The normalized spacial score (nSPS) is 14.2. The van der Waals surface area contributed by atoms with E-state index >= 15 is 0 Å². The molecule has 0 spiro atoms. The second-order valence-corrected chi connectivity index (χ2v) is 26.4. The van der Waals surface area contributed by atoms with E-state index < -0.39 is 0 Å². The molecule has 2 aliphatic heterocycles. The van der Waals surface area contributed by atoms with Crippen LogP contribution in [0, 0.1) is 13.8 Å². The molecule has 0 fully saturated rings. The van der Waals surface area contributed by atoms with E-state index in [1.165, 1.54) is 232 Å². The van der Waals surface area contributed by atoms with E-state index in [4.69, 9.17) is 4.98 Å². The predicted molar refractivity (Wildman–Crippen MR) is 313 cm³/mol. The largest absolute Gasteiger partial charge is 0.281 e. The minimum Gasteiger partial charge on any atom is -0.281 e. The highest BCUT2D eigenvalue weighted by Crippen LogP contribution is 2.58. The van der Waals surface area contributed by atoms with Crippen LogP contribution in [0.5, 0.6) is 0 Å². The van der Waals surface area contributed by atoms with Crippen molar-refractivity contribution in [1.29, 1.82) is 0 Å². The maximum absolute atomic E-state index is 13.7. The maximum atomic E-state index is 13.7. The van der Waals surface area contributed by atoms with E-state index in [0.717, 1.165) is 47.3 Å². The van der Waals surface area contributed by atoms with Crippen LogP contribution in [0.25, 0.3) is 73.5 Å². The van der Waals surface area contributed by atoms with Crippen LogP contribution in [0.15, 0.2) is 70.7 Å². The Bertz CT molecular complexity index is 3280. The summed E-state index contributed by atoms with van der Waals surface area (Å²) >= 11 is 9.17. The number of carbonyl (C=O) groups is 2. The van der Waals surface area contributed by atoms with Gasteiger partial charge in [-0.2, -0.15) is 0 Å². The van der Waals surface area contributed by atoms with Crippen LogP contribution in [-0.4, -0.2) is 20.2 Å². The smallest absolute Gasteiger partial charge is 0.226 e. The van der Waals surface area contributed by atoms with Crippen molar-refractivity contribution in [3.8, 4) is 9.88 Å². The zero-order valence-electron chi connectivity index (χ0n) is 41.5. The Morgan fingerprint density at radius 1 is 0.429 bits per heavy atom. The average Bonchev–Trinajstić information content (AvgIpc) is 4.23. The molecule has 10 heteroatoms. The monoisotopic (exact) mass is 1040 g/mol. The van der Waals surface area contributed by atoms with Gasteiger partial charge in [0.2, 0.25) is 10.2 Å². The number of nitrogens with zero attached hydrogens (tertiary/aromatic N) is 2. The average molecular weight is 1040 g/mol. The minimum atomic E-state index is -0.0142. The third-order valence-corrected chi connectivity index (χ3v) is 20.9. The van der Waals surface area contributed by atoms with Crippen molar-refractivity contribution in [2.45, 2.75) is 169 Å². The van der Waals surface area contributed by atoms with Gasteiger partial charge in [-0.15, -0.1) is 45.3 Å². The van der Waals surface area contributed by atoms with Gasteiger partial charge in [0, 0.05) is 47.3 Å². The van der Waals surface area contributed by atoms with Crippen LogP contribution >= 0.6 is 68.9 Å². The first-order valence-electron chi connectivity index (χ1n) is 26.4. The van der Waals surface area contributed by atoms with E-state index in [1.54, 1.807) is 28.9 Å². The van der Waals surface area contributed by atoms with E-state index in [2.05, 4.69) is 74.3 Å². The zero-order chi connectivity index (χ0) is 48.1. The minimum absolute atomic E-state index is 0.0119. The fourth-order valence-corrected chi connectivity index (χ4v) is 17.5. The highest BCUT2D eigenvalue weighted by molar-refractivity contribution is 8.25. The molecule has 4 aromatic carbocycles. The summed E-state index contributed by atoms with van der Waals surface area (Å²) in [6.07, 6.45) is 32.5. The molecule has 364 valence electrons. The van der Waals surface area contributed by atoms with Crippen LogP contribution in [-0.2, 0) is 22.4 Å². The third-order valence-electron chi connectivity index (χ3n) is 14.6. The molecule has 0 N–H and O–H groups in total. The van der Waals surface area contributed by atoms with Crippen molar-refractivity contribution in [3.05, 3.63) is 102 Å². The fourth-order valence-electron chi connectivity index (χ4n) is 11.0. The number of hydrogen-bond acceptors (Lipinski definition) is 10. The quantitative estimate of drug-likeness (QED) is 0.0420. The molecule has 0 atom stereocenters. The van der Waals surface area contributed by atoms with Crippen molar-refractivity contribution in [1.82, 2.24) is 9.97 Å². The van der Waals surface area contributed by atoms with Crippen molar-refractivity contribution in [2.75, 3.05) is 0 Å². The molecular formula is C60H66N2O2S6. The topological polar surface area (TPSA) is 59.9 Å². The molecule has 4 aromatic heterocycles. The van der Waals surface area contributed by atoms with Gasteiger partial charge in [0.1, 0.15) is 5.01 Å².